The van der Waals surface area contributed by atoms with E-state index in [1.165, 1.54) is 77.2 Å². The van der Waals surface area contributed by atoms with E-state index in [-0.39, 0.29) is 0 Å². The SMILES string of the molecule is CC1CC=Cc2c1c1c(-c3cccc(-c4ccc(N(c5ccccc5)c5ccc(-c6ccc(-c7ccccc7)cc6)cc5)cc4)c3)cccc1c1ccccc21. The van der Waals surface area contributed by atoms with Crippen molar-refractivity contribution in [3.63, 3.8) is 0 Å². The van der Waals surface area contributed by atoms with Crippen molar-refractivity contribution in [1.82, 2.24) is 0 Å². The minimum Gasteiger partial charge on any atom is -0.311 e. The zero-order valence-electron chi connectivity index (χ0n) is 31.4. The molecule has 10 rings (SSSR count). The van der Waals surface area contributed by atoms with Gasteiger partial charge in [0.25, 0.3) is 0 Å². The maximum absolute atomic E-state index is 2.38. The van der Waals surface area contributed by atoms with E-state index in [1.54, 1.807) is 0 Å². The van der Waals surface area contributed by atoms with Crippen LogP contribution in [0.1, 0.15) is 30.4 Å². The number of nitrogens with zero attached hydrogens (tertiary/aromatic N) is 1. The molecule has 0 spiro atoms. The standard InChI is InChI=1S/C55H41N/c1-38-13-10-23-52-50-20-8-9-21-51(50)53-24-12-22-49(55(53)54(38)52)45-17-11-16-44(37-45)43-31-35-48(36-32-43)56(46-18-6-3-7-19-46)47-33-29-42(30-34-47)41-27-25-40(26-28-41)39-14-4-2-5-15-39/h2-12,14-38H,13H2,1H3. The molecule has 0 bridgehead atoms. The van der Waals surface area contributed by atoms with E-state index in [4.69, 9.17) is 0 Å². The average Bonchev–Trinajstić information content (AvgIpc) is 3.28. The van der Waals surface area contributed by atoms with E-state index in [0.717, 1.165) is 23.5 Å². The Labute approximate surface area is 329 Å². The molecule has 0 N–H and O–H groups in total. The van der Waals surface area contributed by atoms with E-state index >= 15 is 0 Å². The second kappa shape index (κ2) is 14.4. The van der Waals surface area contributed by atoms with Crippen molar-refractivity contribution < 1.29 is 0 Å². The van der Waals surface area contributed by atoms with E-state index < -0.39 is 0 Å². The van der Waals surface area contributed by atoms with Gasteiger partial charge in [0.15, 0.2) is 0 Å². The Morgan fingerprint density at radius 2 is 0.857 bits per heavy atom. The lowest BCUT2D eigenvalue weighted by atomic mass is 9.79. The van der Waals surface area contributed by atoms with Gasteiger partial charge >= 0.3 is 0 Å². The van der Waals surface area contributed by atoms with Crippen LogP contribution in [0.25, 0.3) is 72.1 Å². The molecule has 1 heteroatoms. The topological polar surface area (TPSA) is 3.24 Å². The van der Waals surface area contributed by atoms with Crippen molar-refractivity contribution in [3.05, 3.63) is 217 Å². The minimum atomic E-state index is 0.453. The molecule has 1 unspecified atom stereocenters. The molecule has 1 aliphatic carbocycles. The lowest BCUT2D eigenvalue weighted by Gasteiger charge is -2.26. The molecule has 0 saturated heterocycles. The monoisotopic (exact) mass is 715 g/mol. The van der Waals surface area contributed by atoms with Crippen LogP contribution in [-0.4, -0.2) is 0 Å². The molecule has 1 atom stereocenters. The second-order valence-electron chi connectivity index (χ2n) is 14.9. The first-order valence-electron chi connectivity index (χ1n) is 19.7. The summed E-state index contributed by atoms with van der Waals surface area (Å²) in [5, 5.41) is 5.39. The summed E-state index contributed by atoms with van der Waals surface area (Å²) in [4.78, 5) is 2.33. The van der Waals surface area contributed by atoms with Crippen LogP contribution in [0.2, 0.25) is 0 Å². The number of hydrogen-bond acceptors (Lipinski definition) is 1. The molecule has 56 heavy (non-hydrogen) atoms. The molecule has 0 saturated carbocycles. The summed E-state index contributed by atoms with van der Waals surface area (Å²) in [6.45, 7) is 2.38. The van der Waals surface area contributed by atoms with Gasteiger partial charge < -0.3 is 4.90 Å². The molecule has 0 aromatic heterocycles. The van der Waals surface area contributed by atoms with Crippen LogP contribution in [-0.2, 0) is 0 Å². The molecule has 9 aromatic carbocycles. The highest BCUT2D eigenvalue weighted by molar-refractivity contribution is 6.17. The number of hydrogen-bond donors (Lipinski definition) is 0. The van der Waals surface area contributed by atoms with Gasteiger partial charge in [0.1, 0.15) is 0 Å². The number of benzene rings is 9. The molecule has 0 aliphatic heterocycles. The van der Waals surface area contributed by atoms with Crippen LogP contribution >= 0.6 is 0 Å². The first-order chi connectivity index (χ1) is 27.7. The summed E-state index contributed by atoms with van der Waals surface area (Å²) >= 11 is 0. The summed E-state index contributed by atoms with van der Waals surface area (Å²) in [7, 11) is 0. The third kappa shape index (κ3) is 6.08. The zero-order chi connectivity index (χ0) is 37.4. The predicted molar refractivity (Wildman–Crippen MR) is 240 cm³/mol. The van der Waals surface area contributed by atoms with Gasteiger partial charge in [-0.15, -0.1) is 0 Å². The lowest BCUT2D eigenvalue weighted by molar-refractivity contribution is 0.781. The molecule has 1 nitrogen and oxygen atoms in total. The fourth-order valence-electron chi connectivity index (χ4n) is 8.72. The quantitative estimate of drug-likeness (QED) is 0.149. The highest BCUT2D eigenvalue weighted by Crippen LogP contribution is 2.45. The molecule has 0 radical (unpaired) electrons. The van der Waals surface area contributed by atoms with Crippen LogP contribution in [0.5, 0.6) is 0 Å². The van der Waals surface area contributed by atoms with Crippen molar-refractivity contribution in [2.75, 3.05) is 4.90 Å². The second-order valence-corrected chi connectivity index (χ2v) is 14.9. The normalized spacial score (nSPS) is 13.5. The van der Waals surface area contributed by atoms with Crippen LogP contribution < -0.4 is 4.90 Å². The molecule has 266 valence electrons. The van der Waals surface area contributed by atoms with E-state index in [1.807, 2.05) is 0 Å². The van der Waals surface area contributed by atoms with Crippen molar-refractivity contribution in [3.8, 4) is 44.5 Å². The fraction of sp³-hybridized carbons (Fsp3) is 0.0545. The van der Waals surface area contributed by atoms with Crippen molar-refractivity contribution in [2.24, 2.45) is 0 Å². The van der Waals surface area contributed by atoms with Gasteiger partial charge in [-0.3, -0.25) is 0 Å². The molecule has 0 heterocycles. The molecule has 1 aliphatic rings. The Morgan fingerprint density at radius 3 is 1.52 bits per heavy atom. The fourth-order valence-corrected chi connectivity index (χ4v) is 8.72. The maximum atomic E-state index is 2.38. The summed E-state index contributed by atoms with van der Waals surface area (Å²) in [5.41, 5.74) is 16.0. The van der Waals surface area contributed by atoms with Gasteiger partial charge in [-0.25, -0.2) is 0 Å². The van der Waals surface area contributed by atoms with E-state index in [2.05, 4.69) is 224 Å². The Hall–Kier alpha value is -6.96. The Bertz CT molecular complexity index is 2850. The van der Waals surface area contributed by atoms with Gasteiger partial charge in [0, 0.05) is 17.1 Å². The third-order valence-electron chi connectivity index (χ3n) is 11.5. The Kier molecular flexibility index (Phi) is 8.61. The molecule has 0 amide bonds. The molecule has 0 fully saturated rings. The summed E-state index contributed by atoms with van der Waals surface area (Å²) < 4.78 is 0. The lowest BCUT2D eigenvalue weighted by Crippen LogP contribution is -2.09. The Morgan fingerprint density at radius 1 is 0.393 bits per heavy atom. The number of anilines is 3. The van der Waals surface area contributed by atoms with E-state index in [0.29, 0.717) is 5.92 Å². The summed E-state index contributed by atoms with van der Waals surface area (Å²) in [6, 6.07) is 72.8. The highest BCUT2D eigenvalue weighted by Gasteiger charge is 2.22. The first kappa shape index (κ1) is 33.6. The maximum Gasteiger partial charge on any atom is 0.0462 e. The number of fused-ring (bicyclic) bond motifs is 6. The zero-order valence-corrected chi connectivity index (χ0v) is 31.4. The van der Waals surface area contributed by atoms with Crippen molar-refractivity contribution >= 4 is 44.7 Å². The van der Waals surface area contributed by atoms with Gasteiger partial charge in [-0.1, -0.05) is 177 Å². The van der Waals surface area contributed by atoms with Gasteiger partial charge in [-0.05, 0) is 132 Å². The Balaban J connectivity index is 0.986. The highest BCUT2D eigenvalue weighted by atomic mass is 15.1. The third-order valence-corrected chi connectivity index (χ3v) is 11.5. The number of rotatable bonds is 7. The summed E-state index contributed by atoms with van der Waals surface area (Å²) in [5.74, 6) is 0.453. The van der Waals surface area contributed by atoms with Gasteiger partial charge in [0.05, 0.1) is 0 Å². The van der Waals surface area contributed by atoms with Crippen LogP contribution in [0.15, 0.2) is 206 Å². The van der Waals surface area contributed by atoms with Gasteiger partial charge in [-0.2, -0.15) is 0 Å². The van der Waals surface area contributed by atoms with Crippen LogP contribution in [0, 0.1) is 0 Å². The predicted octanol–water partition coefficient (Wildman–Crippen LogP) is 15.7. The van der Waals surface area contributed by atoms with E-state index in [9.17, 15) is 0 Å². The molecule has 9 aromatic rings. The largest absolute Gasteiger partial charge is 0.311 e. The molecular formula is C55H41N. The van der Waals surface area contributed by atoms with Crippen LogP contribution in [0.4, 0.5) is 17.1 Å². The van der Waals surface area contributed by atoms with Gasteiger partial charge in [0.2, 0.25) is 0 Å². The molecular weight excluding hydrogens is 675 g/mol. The van der Waals surface area contributed by atoms with Crippen molar-refractivity contribution in [2.45, 2.75) is 19.3 Å². The number of para-hydroxylation sites is 1. The summed E-state index contributed by atoms with van der Waals surface area (Å²) in [6.07, 6.45) is 5.76. The van der Waals surface area contributed by atoms with Crippen molar-refractivity contribution in [1.29, 1.82) is 0 Å². The first-order valence-corrected chi connectivity index (χ1v) is 19.7. The smallest absolute Gasteiger partial charge is 0.0462 e. The number of allylic oxidation sites excluding steroid dienone is 1. The average molecular weight is 716 g/mol. The van der Waals surface area contributed by atoms with Crippen LogP contribution in [0.3, 0.4) is 0 Å². The minimum absolute atomic E-state index is 0.453.